The highest BCUT2D eigenvalue weighted by Crippen LogP contribution is 2.17. The molecule has 1 unspecified atom stereocenters. The smallest absolute Gasteiger partial charge is 0.266 e. The number of rotatable bonds is 2. The van der Waals surface area contributed by atoms with Crippen molar-refractivity contribution in [2.45, 2.75) is 18.9 Å². The van der Waals surface area contributed by atoms with Crippen LogP contribution < -0.4 is 10.9 Å². The molecule has 1 saturated heterocycles. The molecule has 1 aliphatic rings. The normalized spacial score (nSPS) is 23.2. The lowest BCUT2D eigenvalue weighted by Gasteiger charge is -2.23. The largest absolute Gasteiger partial charge is 0.365 e. The van der Waals surface area contributed by atoms with E-state index in [1.807, 2.05) is 22.6 Å². The summed E-state index contributed by atoms with van der Waals surface area (Å²) >= 11 is 1.89. The minimum absolute atomic E-state index is 0.109. The summed E-state index contributed by atoms with van der Waals surface area (Å²) in [4.78, 5) is 17.8. The molecule has 1 aliphatic heterocycles. The zero-order chi connectivity index (χ0) is 12.5. The molecular formula is C9H12IN3O3S. The molecule has 0 aromatic carbocycles. The van der Waals surface area contributed by atoms with Crippen molar-refractivity contribution >= 4 is 38.2 Å². The molecule has 0 saturated carbocycles. The molecule has 0 spiro atoms. The van der Waals surface area contributed by atoms with Gasteiger partial charge >= 0.3 is 0 Å². The van der Waals surface area contributed by atoms with E-state index in [1.165, 1.54) is 6.33 Å². The van der Waals surface area contributed by atoms with Crippen molar-refractivity contribution in [1.82, 2.24) is 9.97 Å². The van der Waals surface area contributed by atoms with Crippen LogP contribution in [0.25, 0.3) is 0 Å². The Morgan fingerprint density at radius 2 is 2.29 bits per heavy atom. The van der Waals surface area contributed by atoms with E-state index < -0.39 is 9.84 Å². The maximum Gasteiger partial charge on any atom is 0.266 e. The average Bonchev–Trinajstić information content (AvgIpc) is 2.23. The van der Waals surface area contributed by atoms with E-state index in [-0.39, 0.29) is 23.1 Å². The van der Waals surface area contributed by atoms with Gasteiger partial charge in [-0.25, -0.2) is 13.4 Å². The molecule has 2 rings (SSSR count). The number of nitrogens with one attached hydrogen (secondary N) is 2. The summed E-state index contributed by atoms with van der Waals surface area (Å²) in [5, 5.41) is 3.03. The molecule has 0 radical (unpaired) electrons. The molecule has 2 N–H and O–H groups in total. The van der Waals surface area contributed by atoms with Crippen molar-refractivity contribution in [1.29, 1.82) is 0 Å². The number of anilines is 1. The van der Waals surface area contributed by atoms with E-state index in [1.54, 1.807) is 0 Å². The summed E-state index contributed by atoms with van der Waals surface area (Å²) in [5.74, 6) is 0.819. The molecule has 1 fully saturated rings. The fourth-order valence-electron chi connectivity index (χ4n) is 1.81. The lowest BCUT2D eigenvalue weighted by molar-refractivity contribution is 0.561. The quantitative estimate of drug-likeness (QED) is 0.735. The number of sulfone groups is 1. The van der Waals surface area contributed by atoms with Crippen LogP contribution >= 0.6 is 22.6 Å². The van der Waals surface area contributed by atoms with Crippen LogP contribution in [0.15, 0.2) is 11.1 Å². The first-order valence-electron chi connectivity index (χ1n) is 5.18. The molecular weight excluding hydrogens is 357 g/mol. The Balaban J connectivity index is 2.16. The Hall–Kier alpha value is -0.640. The van der Waals surface area contributed by atoms with Crippen LogP contribution in [-0.4, -0.2) is 35.9 Å². The standard InChI is InChI=1S/C9H12IN3O3S/c10-7-8(11-5-12-9(7)14)13-6-2-1-3-17(15,16)4-6/h5-6H,1-4H2,(H2,11,12,13,14). The second-order valence-electron chi connectivity index (χ2n) is 3.99. The van der Waals surface area contributed by atoms with E-state index in [2.05, 4.69) is 15.3 Å². The van der Waals surface area contributed by atoms with Gasteiger partial charge in [0.15, 0.2) is 9.84 Å². The van der Waals surface area contributed by atoms with Crippen molar-refractivity contribution in [2.75, 3.05) is 16.8 Å². The Bertz CT molecular complexity index is 569. The fraction of sp³-hybridized carbons (Fsp3) is 0.556. The van der Waals surface area contributed by atoms with E-state index in [0.717, 1.165) is 6.42 Å². The van der Waals surface area contributed by atoms with Crippen LogP contribution in [0.3, 0.4) is 0 Å². The van der Waals surface area contributed by atoms with Gasteiger partial charge in [0.2, 0.25) is 0 Å². The molecule has 0 aliphatic carbocycles. The third kappa shape index (κ3) is 3.18. The van der Waals surface area contributed by atoms with Crippen LogP contribution in [0.5, 0.6) is 0 Å². The maximum absolute atomic E-state index is 11.5. The first kappa shape index (κ1) is 12.8. The van der Waals surface area contributed by atoms with Crippen molar-refractivity contribution in [3.05, 3.63) is 20.3 Å². The van der Waals surface area contributed by atoms with Crippen LogP contribution in [0.1, 0.15) is 12.8 Å². The summed E-state index contributed by atoms with van der Waals surface area (Å²) < 4.78 is 23.4. The maximum atomic E-state index is 11.5. The molecule has 6 nitrogen and oxygen atoms in total. The zero-order valence-electron chi connectivity index (χ0n) is 8.94. The molecule has 0 bridgehead atoms. The zero-order valence-corrected chi connectivity index (χ0v) is 11.9. The van der Waals surface area contributed by atoms with Crippen LogP contribution in [0.2, 0.25) is 0 Å². The van der Waals surface area contributed by atoms with E-state index in [4.69, 9.17) is 0 Å². The van der Waals surface area contributed by atoms with Crippen molar-refractivity contribution < 1.29 is 8.42 Å². The van der Waals surface area contributed by atoms with Crippen molar-refractivity contribution in [3.8, 4) is 0 Å². The van der Waals surface area contributed by atoms with Crippen LogP contribution in [-0.2, 0) is 9.84 Å². The third-order valence-electron chi connectivity index (χ3n) is 2.60. The molecule has 1 aromatic heterocycles. The minimum Gasteiger partial charge on any atom is -0.365 e. The third-order valence-corrected chi connectivity index (χ3v) is 5.42. The van der Waals surface area contributed by atoms with E-state index in [9.17, 15) is 13.2 Å². The monoisotopic (exact) mass is 369 g/mol. The molecule has 0 amide bonds. The number of aromatic nitrogens is 2. The number of hydrogen-bond donors (Lipinski definition) is 2. The summed E-state index contributed by atoms with van der Waals surface area (Å²) in [6.45, 7) is 0. The van der Waals surface area contributed by atoms with Crippen molar-refractivity contribution in [3.63, 3.8) is 0 Å². The number of halogens is 1. The topological polar surface area (TPSA) is 91.9 Å². The first-order chi connectivity index (χ1) is 7.98. The van der Waals surface area contributed by atoms with Gasteiger partial charge in [0.1, 0.15) is 9.39 Å². The van der Waals surface area contributed by atoms with Gasteiger partial charge in [0, 0.05) is 6.04 Å². The fourth-order valence-corrected chi connectivity index (χ4v) is 3.90. The van der Waals surface area contributed by atoms with Gasteiger partial charge in [0.25, 0.3) is 5.56 Å². The number of H-pyrrole nitrogens is 1. The van der Waals surface area contributed by atoms with Gasteiger partial charge in [-0.05, 0) is 35.4 Å². The first-order valence-corrected chi connectivity index (χ1v) is 8.08. The van der Waals surface area contributed by atoms with E-state index >= 15 is 0 Å². The summed E-state index contributed by atoms with van der Waals surface area (Å²) in [6, 6.07) is -0.156. The summed E-state index contributed by atoms with van der Waals surface area (Å²) in [7, 11) is -2.95. The lowest BCUT2D eigenvalue weighted by Crippen LogP contribution is -2.35. The van der Waals surface area contributed by atoms with Gasteiger partial charge in [-0.2, -0.15) is 0 Å². The predicted octanol–water partition coefficient (Wildman–Crippen LogP) is 0.364. The number of aromatic amines is 1. The molecule has 94 valence electrons. The van der Waals surface area contributed by atoms with Gasteiger partial charge in [0.05, 0.1) is 17.8 Å². The second-order valence-corrected chi connectivity index (χ2v) is 7.30. The molecule has 17 heavy (non-hydrogen) atoms. The number of nitrogens with zero attached hydrogens (tertiary/aromatic N) is 1. The Morgan fingerprint density at radius 1 is 1.53 bits per heavy atom. The van der Waals surface area contributed by atoms with Crippen molar-refractivity contribution in [2.24, 2.45) is 0 Å². The molecule has 1 atom stereocenters. The Labute approximate surface area is 112 Å². The Kier molecular flexibility index (Phi) is 3.71. The van der Waals surface area contributed by atoms with Gasteiger partial charge in [-0.15, -0.1) is 0 Å². The average molecular weight is 369 g/mol. The van der Waals surface area contributed by atoms with Gasteiger partial charge < -0.3 is 10.3 Å². The predicted molar refractivity (Wildman–Crippen MR) is 72.9 cm³/mol. The van der Waals surface area contributed by atoms with Gasteiger partial charge in [-0.1, -0.05) is 0 Å². The highest BCUT2D eigenvalue weighted by Gasteiger charge is 2.25. The molecule has 8 heteroatoms. The summed E-state index contributed by atoms with van der Waals surface area (Å²) in [5.41, 5.74) is -0.221. The second kappa shape index (κ2) is 4.92. The van der Waals surface area contributed by atoms with E-state index in [0.29, 0.717) is 15.8 Å². The minimum atomic E-state index is -2.95. The number of hydrogen-bond acceptors (Lipinski definition) is 5. The van der Waals surface area contributed by atoms with Crippen LogP contribution in [0.4, 0.5) is 5.82 Å². The molecule has 1 aromatic rings. The van der Waals surface area contributed by atoms with Gasteiger partial charge in [-0.3, -0.25) is 4.79 Å². The Morgan fingerprint density at radius 3 is 3.00 bits per heavy atom. The van der Waals surface area contributed by atoms with Crippen LogP contribution in [0, 0.1) is 3.57 Å². The highest BCUT2D eigenvalue weighted by atomic mass is 127. The lowest BCUT2D eigenvalue weighted by atomic mass is 10.2. The highest BCUT2D eigenvalue weighted by molar-refractivity contribution is 14.1. The summed E-state index contributed by atoms with van der Waals surface area (Å²) in [6.07, 6.45) is 2.74. The SMILES string of the molecule is O=c1[nH]cnc(NC2CCCS(=O)(=O)C2)c1I. The molecule has 2 heterocycles.